The number of ether oxygens (including phenoxy) is 2. The number of hydrogen-bond acceptors (Lipinski definition) is 4. The molecule has 6 nitrogen and oxygen atoms in total. The Kier molecular flexibility index (Phi) is 5.45. The number of methoxy groups -OCH3 is 2. The maximum Gasteiger partial charge on any atom is 0.272 e. The molecule has 3 aromatic rings. The quantitative estimate of drug-likeness (QED) is 0.672. The van der Waals surface area contributed by atoms with Gasteiger partial charge in [-0.2, -0.15) is 5.10 Å². The summed E-state index contributed by atoms with van der Waals surface area (Å²) in [5, 5.41) is 4.50. The Morgan fingerprint density at radius 2 is 1.81 bits per heavy atom. The van der Waals surface area contributed by atoms with Crippen LogP contribution in [0.2, 0.25) is 0 Å². The Labute approximate surface area is 158 Å². The largest absolute Gasteiger partial charge is 0.497 e. The molecule has 0 bridgehead atoms. The Hall–Kier alpha value is -3.28. The van der Waals surface area contributed by atoms with E-state index in [0.29, 0.717) is 29.4 Å². The molecule has 0 atom stereocenters. The van der Waals surface area contributed by atoms with Crippen LogP contribution in [0.1, 0.15) is 16.1 Å². The van der Waals surface area contributed by atoms with Crippen LogP contribution >= 0.6 is 0 Å². The topological polar surface area (TPSA) is 56.6 Å². The molecule has 0 saturated carbocycles. The highest BCUT2D eigenvalue weighted by Crippen LogP contribution is 2.33. The van der Waals surface area contributed by atoms with Crippen molar-refractivity contribution in [1.29, 1.82) is 0 Å². The second-order valence-corrected chi connectivity index (χ2v) is 6.25. The summed E-state index contributed by atoms with van der Waals surface area (Å²) in [7, 11) is 6.76. The molecule has 3 rings (SSSR count). The molecule has 0 spiro atoms. The zero-order valence-electron chi connectivity index (χ0n) is 16.0. The van der Waals surface area contributed by atoms with Gasteiger partial charge < -0.3 is 14.4 Å². The zero-order chi connectivity index (χ0) is 19.4. The second kappa shape index (κ2) is 7.95. The molecule has 0 unspecified atom stereocenters. The summed E-state index contributed by atoms with van der Waals surface area (Å²) in [5.41, 5.74) is 3.07. The van der Waals surface area contributed by atoms with Crippen LogP contribution < -0.4 is 9.47 Å². The minimum Gasteiger partial charge on any atom is -0.497 e. The number of benzene rings is 2. The first-order chi connectivity index (χ1) is 13.0. The molecule has 0 aliphatic rings. The summed E-state index contributed by atoms with van der Waals surface area (Å²) in [4.78, 5) is 14.6. The highest BCUT2D eigenvalue weighted by atomic mass is 16.5. The predicted molar refractivity (Wildman–Crippen MR) is 104 cm³/mol. The van der Waals surface area contributed by atoms with Crippen LogP contribution in [0.15, 0.2) is 54.6 Å². The van der Waals surface area contributed by atoms with Gasteiger partial charge in [0.15, 0.2) is 0 Å². The summed E-state index contributed by atoms with van der Waals surface area (Å²) >= 11 is 0. The van der Waals surface area contributed by atoms with Crippen LogP contribution in [0.4, 0.5) is 0 Å². The van der Waals surface area contributed by atoms with Crippen molar-refractivity contribution in [1.82, 2.24) is 14.7 Å². The van der Waals surface area contributed by atoms with E-state index in [2.05, 4.69) is 5.10 Å². The number of carbonyl (C=O) groups excluding carboxylic acids is 1. The van der Waals surface area contributed by atoms with Crippen molar-refractivity contribution in [2.75, 3.05) is 21.3 Å². The van der Waals surface area contributed by atoms with Gasteiger partial charge >= 0.3 is 0 Å². The number of carbonyl (C=O) groups is 1. The third kappa shape index (κ3) is 3.95. The fourth-order valence-electron chi connectivity index (χ4n) is 2.93. The van der Waals surface area contributed by atoms with Crippen molar-refractivity contribution < 1.29 is 14.3 Å². The van der Waals surface area contributed by atoms with E-state index in [0.717, 1.165) is 11.1 Å². The highest BCUT2D eigenvalue weighted by molar-refractivity contribution is 5.93. The molecule has 0 saturated heterocycles. The molecule has 1 aromatic heterocycles. The van der Waals surface area contributed by atoms with E-state index in [1.807, 2.05) is 42.5 Å². The fourth-order valence-corrected chi connectivity index (χ4v) is 2.93. The van der Waals surface area contributed by atoms with Crippen LogP contribution in [-0.2, 0) is 13.6 Å². The van der Waals surface area contributed by atoms with Crippen molar-refractivity contribution in [3.8, 4) is 22.8 Å². The van der Waals surface area contributed by atoms with Crippen LogP contribution in [-0.4, -0.2) is 41.9 Å². The molecule has 1 heterocycles. The van der Waals surface area contributed by atoms with Crippen LogP contribution in [0, 0.1) is 0 Å². The smallest absolute Gasteiger partial charge is 0.272 e. The third-order valence-corrected chi connectivity index (χ3v) is 4.39. The van der Waals surface area contributed by atoms with E-state index in [1.165, 1.54) is 0 Å². The molecular weight excluding hydrogens is 342 g/mol. The van der Waals surface area contributed by atoms with Gasteiger partial charge in [-0.15, -0.1) is 0 Å². The van der Waals surface area contributed by atoms with E-state index in [4.69, 9.17) is 9.47 Å². The minimum atomic E-state index is -0.0902. The van der Waals surface area contributed by atoms with Crippen molar-refractivity contribution in [2.24, 2.45) is 7.05 Å². The second-order valence-electron chi connectivity index (χ2n) is 6.25. The van der Waals surface area contributed by atoms with Gasteiger partial charge in [-0.3, -0.25) is 9.48 Å². The summed E-state index contributed by atoms with van der Waals surface area (Å²) in [6.07, 6.45) is 0. The van der Waals surface area contributed by atoms with Crippen molar-refractivity contribution >= 4 is 5.91 Å². The van der Waals surface area contributed by atoms with Gasteiger partial charge in [0, 0.05) is 32.3 Å². The van der Waals surface area contributed by atoms with Gasteiger partial charge in [-0.05, 0) is 23.8 Å². The minimum absolute atomic E-state index is 0.0902. The molecular formula is C21H23N3O3. The molecule has 0 aliphatic heterocycles. The Bertz CT molecular complexity index is 935. The van der Waals surface area contributed by atoms with E-state index in [-0.39, 0.29) is 5.91 Å². The fraction of sp³-hybridized carbons (Fsp3) is 0.238. The van der Waals surface area contributed by atoms with Gasteiger partial charge in [-0.25, -0.2) is 0 Å². The average molecular weight is 365 g/mol. The maximum absolute atomic E-state index is 12.9. The summed E-state index contributed by atoms with van der Waals surface area (Å²) in [6.45, 7) is 0.534. The number of aromatic nitrogens is 2. The number of rotatable bonds is 6. The molecule has 27 heavy (non-hydrogen) atoms. The third-order valence-electron chi connectivity index (χ3n) is 4.39. The van der Waals surface area contributed by atoms with Gasteiger partial charge in [0.1, 0.15) is 17.2 Å². The van der Waals surface area contributed by atoms with Crippen LogP contribution in [0.5, 0.6) is 11.5 Å². The van der Waals surface area contributed by atoms with Gasteiger partial charge in [0.2, 0.25) is 0 Å². The summed E-state index contributed by atoms with van der Waals surface area (Å²) in [5.74, 6) is 1.25. The van der Waals surface area contributed by atoms with E-state index >= 15 is 0 Å². The van der Waals surface area contributed by atoms with Crippen LogP contribution in [0.3, 0.4) is 0 Å². The summed E-state index contributed by atoms with van der Waals surface area (Å²) < 4.78 is 12.3. The molecule has 0 N–H and O–H groups in total. The number of nitrogens with zero attached hydrogens (tertiary/aromatic N) is 3. The lowest BCUT2D eigenvalue weighted by molar-refractivity contribution is 0.0774. The van der Waals surface area contributed by atoms with Crippen molar-refractivity contribution in [2.45, 2.75) is 6.54 Å². The van der Waals surface area contributed by atoms with E-state index in [9.17, 15) is 4.79 Å². The summed E-state index contributed by atoms with van der Waals surface area (Å²) in [6, 6.07) is 17.2. The monoisotopic (exact) mass is 365 g/mol. The van der Waals surface area contributed by atoms with E-state index < -0.39 is 0 Å². The number of hydrogen-bond donors (Lipinski definition) is 0. The van der Waals surface area contributed by atoms with Crippen molar-refractivity contribution in [3.05, 3.63) is 65.9 Å². The average Bonchev–Trinajstić information content (AvgIpc) is 3.08. The standard InChI is InChI=1S/C21H23N3O3/c1-23(14-15-8-6-5-7-9-15)21(25)19-13-18(22-24(19)2)17-11-10-16(26-3)12-20(17)27-4/h5-13H,14H2,1-4H3. The first-order valence-electron chi connectivity index (χ1n) is 8.59. The lowest BCUT2D eigenvalue weighted by atomic mass is 10.1. The Morgan fingerprint density at radius 1 is 1.07 bits per heavy atom. The first kappa shape index (κ1) is 18.5. The normalized spacial score (nSPS) is 10.5. The van der Waals surface area contributed by atoms with Crippen molar-refractivity contribution in [3.63, 3.8) is 0 Å². The zero-order valence-corrected chi connectivity index (χ0v) is 16.0. The van der Waals surface area contributed by atoms with Gasteiger partial charge in [0.25, 0.3) is 5.91 Å². The van der Waals surface area contributed by atoms with E-state index in [1.54, 1.807) is 50.0 Å². The van der Waals surface area contributed by atoms with Crippen LogP contribution in [0.25, 0.3) is 11.3 Å². The number of aryl methyl sites for hydroxylation is 1. The molecule has 0 radical (unpaired) electrons. The highest BCUT2D eigenvalue weighted by Gasteiger charge is 2.20. The Balaban J connectivity index is 1.87. The molecule has 2 aromatic carbocycles. The molecule has 6 heteroatoms. The molecule has 140 valence electrons. The number of amides is 1. The lowest BCUT2D eigenvalue weighted by Gasteiger charge is -2.17. The molecule has 0 aliphatic carbocycles. The SMILES string of the molecule is COc1ccc(-c2cc(C(=O)N(C)Cc3ccccc3)n(C)n2)c(OC)c1. The predicted octanol–water partition coefficient (Wildman–Crippen LogP) is 3.38. The first-order valence-corrected chi connectivity index (χ1v) is 8.59. The molecule has 1 amide bonds. The van der Waals surface area contributed by atoms with Gasteiger partial charge in [0.05, 0.1) is 19.9 Å². The lowest BCUT2D eigenvalue weighted by Crippen LogP contribution is -2.28. The Morgan fingerprint density at radius 3 is 2.48 bits per heavy atom. The van der Waals surface area contributed by atoms with Gasteiger partial charge in [-0.1, -0.05) is 30.3 Å². The molecule has 0 fully saturated rings. The maximum atomic E-state index is 12.9.